The molecule has 6 heterocycles. The van der Waals surface area contributed by atoms with Gasteiger partial charge < -0.3 is 18.8 Å². The van der Waals surface area contributed by atoms with E-state index in [2.05, 4.69) is 183 Å². The molecule has 4 aliphatic heterocycles. The summed E-state index contributed by atoms with van der Waals surface area (Å²) < 4.78 is 12.4. The van der Waals surface area contributed by atoms with Crippen LogP contribution in [-0.4, -0.2) is 22.6 Å². The molecule has 8 aromatic carbocycles. The lowest BCUT2D eigenvalue weighted by Gasteiger charge is -2.42. The van der Waals surface area contributed by atoms with Crippen LogP contribution >= 0.6 is 0 Å². The van der Waals surface area contributed by atoms with Crippen molar-refractivity contribution in [2.24, 2.45) is 0 Å². The van der Waals surface area contributed by atoms with Crippen LogP contribution in [0.1, 0.15) is 33.4 Å². The molecule has 10 aromatic rings. The Hall–Kier alpha value is -6.91. The number of rotatable bonds is 1. The molecule has 4 nitrogen and oxygen atoms in total. The second-order valence-corrected chi connectivity index (χ2v) is 18.2. The molecule has 0 saturated heterocycles. The zero-order chi connectivity index (χ0) is 40.0. The van der Waals surface area contributed by atoms with Crippen molar-refractivity contribution in [1.29, 1.82) is 0 Å². The van der Waals surface area contributed by atoms with Crippen LogP contribution in [0.3, 0.4) is 0 Å². The largest absolute Gasteiger partial charge is 0.458 e. The quantitative estimate of drug-likeness (QED) is 0.156. The van der Waals surface area contributed by atoms with Crippen molar-refractivity contribution in [2.75, 3.05) is 4.90 Å². The number of hydrogen-bond donors (Lipinski definition) is 0. The van der Waals surface area contributed by atoms with E-state index in [1.807, 2.05) is 0 Å². The predicted octanol–water partition coefficient (Wildman–Crippen LogP) is 9.28. The molecule has 0 unspecified atom stereocenters. The second kappa shape index (κ2) is 11.0. The molecule has 0 fully saturated rings. The maximum Gasteiger partial charge on any atom is 0.256 e. The minimum absolute atomic E-state index is 0.00423. The number of fused-ring (bicyclic) bond motifs is 14. The number of benzene rings is 8. The maximum absolute atomic E-state index is 7.26. The van der Waals surface area contributed by atoms with Crippen molar-refractivity contribution in [3.05, 3.63) is 161 Å². The standard InChI is InChI=1S/C54H39B2N3O/c1-28-12-14-43-35(16-28)37-18-30(3)20-41-53(37)58(43)47-23-32(5)22-46-51(47)55(41)39-26-40-49(27-45(39)57(46)34-10-8-7-9-11-34)60-50-25-33(6)24-48-52(50)56(40)42-21-31(4)19-38-36-17-29(2)13-15-44(36)59(48)54(38)42/h7-27H,1-6H3. The minimum Gasteiger partial charge on any atom is -0.458 e. The molecule has 0 atom stereocenters. The summed E-state index contributed by atoms with van der Waals surface area (Å²) in [5, 5.41) is 5.28. The fourth-order valence-corrected chi connectivity index (χ4v) is 12.0. The molecule has 14 rings (SSSR count). The SMILES string of the molecule is Cc1cc2c3c(c1)-n1c4ccc(C)cc4c4cc(C)cc(c41)B3c1cc3c(cc1O2)N(c1ccccc1)c1cc(C)cc2c1B3c1cc(C)cc3c4cc(C)ccc4n-2c13. The number of nitrogens with zero attached hydrogens (tertiary/aromatic N) is 3. The van der Waals surface area contributed by atoms with Gasteiger partial charge in [0.05, 0.1) is 11.0 Å². The van der Waals surface area contributed by atoms with Gasteiger partial charge in [-0.25, -0.2) is 0 Å². The molecule has 0 N–H and O–H groups in total. The smallest absolute Gasteiger partial charge is 0.256 e. The summed E-state index contributed by atoms with van der Waals surface area (Å²) >= 11 is 0. The summed E-state index contributed by atoms with van der Waals surface area (Å²) in [6.07, 6.45) is 0. The van der Waals surface area contributed by atoms with E-state index < -0.39 is 0 Å². The average molecular weight is 768 g/mol. The molecule has 0 bridgehead atoms. The third-order valence-corrected chi connectivity index (χ3v) is 14.1. The number of ether oxygens (including phenoxy) is 1. The van der Waals surface area contributed by atoms with Gasteiger partial charge in [-0.05, 0) is 158 Å². The van der Waals surface area contributed by atoms with Gasteiger partial charge in [0.15, 0.2) is 0 Å². The van der Waals surface area contributed by atoms with Crippen LogP contribution in [0, 0.1) is 41.5 Å². The Morgan fingerprint density at radius 3 is 1.55 bits per heavy atom. The number of aromatic nitrogens is 2. The third kappa shape index (κ3) is 4.00. The molecule has 6 heteroatoms. The Bertz CT molecular complexity index is 3670. The van der Waals surface area contributed by atoms with Crippen LogP contribution in [-0.2, 0) is 0 Å². The Morgan fingerprint density at radius 1 is 0.383 bits per heavy atom. The first-order valence-corrected chi connectivity index (χ1v) is 21.3. The molecular weight excluding hydrogens is 728 g/mol. The van der Waals surface area contributed by atoms with Crippen LogP contribution in [0.15, 0.2) is 127 Å². The Morgan fingerprint density at radius 2 is 0.917 bits per heavy atom. The van der Waals surface area contributed by atoms with Crippen LogP contribution in [0.4, 0.5) is 17.1 Å². The van der Waals surface area contributed by atoms with Gasteiger partial charge in [-0.15, -0.1) is 0 Å². The summed E-state index contributed by atoms with van der Waals surface area (Å²) in [5.74, 6) is 1.89. The van der Waals surface area contributed by atoms with E-state index in [0.29, 0.717) is 0 Å². The predicted molar refractivity (Wildman–Crippen MR) is 254 cm³/mol. The van der Waals surface area contributed by atoms with E-state index in [9.17, 15) is 0 Å². The average Bonchev–Trinajstić information content (AvgIpc) is 3.72. The fraction of sp³-hybridized carbons (Fsp3) is 0.111. The van der Waals surface area contributed by atoms with Gasteiger partial charge in [-0.3, -0.25) is 0 Å². The van der Waals surface area contributed by atoms with E-state index in [1.54, 1.807) is 0 Å². The van der Waals surface area contributed by atoms with Gasteiger partial charge in [-0.1, -0.05) is 70.8 Å². The first-order valence-electron chi connectivity index (χ1n) is 21.3. The van der Waals surface area contributed by atoms with E-state index >= 15 is 0 Å². The molecule has 60 heavy (non-hydrogen) atoms. The molecule has 0 spiro atoms. The first-order chi connectivity index (χ1) is 29.2. The number of aryl methyl sites for hydroxylation is 6. The topological polar surface area (TPSA) is 22.3 Å². The zero-order valence-corrected chi connectivity index (χ0v) is 34.5. The van der Waals surface area contributed by atoms with Gasteiger partial charge in [0.25, 0.3) is 13.4 Å². The van der Waals surface area contributed by atoms with Gasteiger partial charge in [0, 0.05) is 67.1 Å². The van der Waals surface area contributed by atoms with E-state index in [4.69, 9.17) is 4.74 Å². The summed E-state index contributed by atoms with van der Waals surface area (Å²) in [7, 11) is 0. The minimum atomic E-state index is 0.00423. The molecule has 0 aliphatic carbocycles. The van der Waals surface area contributed by atoms with Gasteiger partial charge in [0.2, 0.25) is 0 Å². The number of para-hydroxylation sites is 1. The number of hydrogen-bond acceptors (Lipinski definition) is 2. The third-order valence-electron chi connectivity index (χ3n) is 14.1. The van der Waals surface area contributed by atoms with E-state index in [0.717, 1.165) is 17.2 Å². The molecule has 0 radical (unpaired) electrons. The summed E-state index contributed by atoms with van der Waals surface area (Å²) in [6, 6.07) is 49.0. The van der Waals surface area contributed by atoms with Crippen LogP contribution in [0.2, 0.25) is 0 Å². The van der Waals surface area contributed by atoms with Gasteiger partial charge in [-0.2, -0.15) is 0 Å². The van der Waals surface area contributed by atoms with Crippen molar-refractivity contribution in [3.63, 3.8) is 0 Å². The highest BCUT2D eigenvalue weighted by atomic mass is 16.5. The summed E-state index contributed by atoms with van der Waals surface area (Å²) in [6.45, 7) is 13.4. The fourth-order valence-electron chi connectivity index (χ4n) is 12.0. The molecule has 2 aromatic heterocycles. The summed E-state index contributed by atoms with van der Waals surface area (Å²) in [4.78, 5) is 2.51. The normalized spacial score (nSPS) is 13.9. The van der Waals surface area contributed by atoms with E-state index in [-0.39, 0.29) is 13.4 Å². The highest BCUT2D eigenvalue weighted by Gasteiger charge is 2.46. The van der Waals surface area contributed by atoms with Crippen LogP contribution in [0.5, 0.6) is 11.5 Å². The maximum atomic E-state index is 7.26. The highest BCUT2D eigenvalue weighted by molar-refractivity contribution is 7.02. The van der Waals surface area contributed by atoms with Crippen molar-refractivity contribution in [3.8, 4) is 22.9 Å². The highest BCUT2D eigenvalue weighted by Crippen LogP contribution is 2.45. The lowest BCUT2D eigenvalue weighted by atomic mass is 9.31. The lowest BCUT2D eigenvalue weighted by molar-refractivity contribution is 0.487. The van der Waals surface area contributed by atoms with Gasteiger partial charge >= 0.3 is 0 Å². The zero-order valence-electron chi connectivity index (χ0n) is 34.5. The monoisotopic (exact) mass is 767 g/mol. The van der Waals surface area contributed by atoms with Crippen molar-refractivity contribution in [1.82, 2.24) is 9.13 Å². The van der Waals surface area contributed by atoms with Crippen molar-refractivity contribution < 1.29 is 4.74 Å². The Labute approximate surface area is 349 Å². The first kappa shape index (κ1) is 33.0. The Balaban J connectivity index is 1.13. The van der Waals surface area contributed by atoms with Crippen molar-refractivity contribution in [2.45, 2.75) is 41.5 Å². The lowest BCUT2D eigenvalue weighted by Crippen LogP contribution is -2.63. The molecule has 0 amide bonds. The van der Waals surface area contributed by atoms with Crippen LogP contribution in [0.25, 0.3) is 55.0 Å². The Kier molecular flexibility index (Phi) is 6.06. The molecule has 4 aliphatic rings. The van der Waals surface area contributed by atoms with Crippen LogP contribution < -0.4 is 42.4 Å². The second-order valence-electron chi connectivity index (χ2n) is 18.2. The van der Waals surface area contributed by atoms with Gasteiger partial charge in [0.1, 0.15) is 11.5 Å². The number of anilines is 3. The van der Waals surface area contributed by atoms with E-state index in [1.165, 1.54) is 133 Å². The molecular formula is C54H39B2N3O. The molecule has 282 valence electrons. The molecule has 0 saturated carbocycles. The summed E-state index contributed by atoms with van der Waals surface area (Å²) in [5.41, 5.74) is 26.7. The van der Waals surface area contributed by atoms with Crippen molar-refractivity contribution >= 4 is 107 Å².